The molecule has 3 N–H and O–H groups in total. The van der Waals surface area contributed by atoms with Crippen molar-refractivity contribution in [2.75, 3.05) is 17.3 Å². The molecule has 1 heterocycles. The van der Waals surface area contributed by atoms with E-state index < -0.39 is 42.2 Å². The van der Waals surface area contributed by atoms with Gasteiger partial charge in [0.1, 0.15) is 11.9 Å². The molecular weight excluding hydrogens is 476 g/mol. The van der Waals surface area contributed by atoms with Gasteiger partial charge in [-0.3, -0.25) is 18.8 Å². The molecule has 0 radical (unpaired) electrons. The van der Waals surface area contributed by atoms with Crippen LogP contribution < -0.4 is 16.0 Å². The Bertz CT molecular complexity index is 1330. The molecule has 0 saturated heterocycles. The Kier molecular flexibility index (Phi) is 7.96. The first-order valence-corrected chi connectivity index (χ1v) is 12.3. The molecule has 6 nitrogen and oxygen atoms in total. The first-order valence-electron chi connectivity index (χ1n) is 12.3. The van der Waals surface area contributed by atoms with Crippen molar-refractivity contribution in [1.82, 2.24) is 5.32 Å². The summed E-state index contributed by atoms with van der Waals surface area (Å²) in [7, 11) is 0. The molecule has 0 fully saturated rings. The number of benzene rings is 3. The van der Waals surface area contributed by atoms with Crippen molar-refractivity contribution in [2.24, 2.45) is 0 Å². The molecule has 37 heavy (non-hydrogen) atoms. The molecule has 1 unspecified atom stereocenters. The van der Waals surface area contributed by atoms with E-state index in [2.05, 4.69) is 5.32 Å². The number of imide groups is 1. The van der Waals surface area contributed by atoms with Crippen LogP contribution in [0.5, 0.6) is 0 Å². The van der Waals surface area contributed by atoms with Gasteiger partial charge in [-0.05, 0) is 67.1 Å². The first kappa shape index (κ1) is 26.0. The molecule has 1 aliphatic heterocycles. The maximum absolute atomic E-state index is 14.0. The zero-order valence-corrected chi connectivity index (χ0v) is 20.5. The number of nitrogens with one attached hydrogen (secondary N) is 1. The summed E-state index contributed by atoms with van der Waals surface area (Å²) < 4.78 is 26.4. The van der Waals surface area contributed by atoms with E-state index in [0.29, 0.717) is 28.9 Å². The highest BCUT2D eigenvalue weighted by molar-refractivity contribution is 6.22. The summed E-state index contributed by atoms with van der Waals surface area (Å²) in [5, 5.41) is 2.70. The van der Waals surface area contributed by atoms with E-state index in [0.717, 1.165) is 16.0 Å². The second-order valence-electron chi connectivity index (χ2n) is 9.17. The molecule has 0 aliphatic carbocycles. The molecule has 3 aromatic carbocycles. The molecule has 3 aromatic rings. The van der Waals surface area contributed by atoms with Gasteiger partial charge in [0.2, 0.25) is 11.8 Å². The minimum Gasteiger partial charge on any atom is -0.398 e. The van der Waals surface area contributed by atoms with Gasteiger partial charge < -0.3 is 11.1 Å². The Balaban J connectivity index is 1.70. The number of nitrogens with two attached hydrogens (primary N) is 1. The average molecular weight is 506 g/mol. The van der Waals surface area contributed by atoms with Crippen LogP contribution in [0.15, 0.2) is 66.7 Å². The number of nitrogen functional groups attached to an aromatic ring is 1. The van der Waals surface area contributed by atoms with Gasteiger partial charge in [-0.15, -0.1) is 0 Å². The van der Waals surface area contributed by atoms with Crippen molar-refractivity contribution < 1.29 is 23.2 Å². The number of hydrogen-bond acceptors (Lipinski definition) is 4. The van der Waals surface area contributed by atoms with Crippen LogP contribution >= 0.6 is 0 Å². The third-order valence-electron chi connectivity index (χ3n) is 6.59. The van der Waals surface area contributed by atoms with Crippen LogP contribution in [0.3, 0.4) is 0 Å². The summed E-state index contributed by atoms with van der Waals surface area (Å²) in [4.78, 5) is 41.6. The molecule has 0 saturated carbocycles. The second-order valence-corrected chi connectivity index (χ2v) is 9.17. The standard InChI is InChI=1S/C29H29F2N3O3/c1-18-21-10-2-3-11-22(21)27-23(32)12-7-14-25(27)34(28(18)36)29(37)24(13-4-5-15-30)33-26(35)17-19-8-6-9-20(31)16-19/h2-3,6-12,14,16,18,24H,4-5,13,15,17,32H2,1H3,(H,33,35)/t18?,24-/m0/s1. The maximum Gasteiger partial charge on any atom is 0.256 e. The number of amides is 3. The van der Waals surface area contributed by atoms with Crippen LogP contribution in [-0.2, 0) is 20.8 Å². The van der Waals surface area contributed by atoms with Crippen molar-refractivity contribution in [1.29, 1.82) is 0 Å². The van der Waals surface area contributed by atoms with Gasteiger partial charge in [0.05, 0.1) is 24.7 Å². The van der Waals surface area contributed by atoms with Gasteiger partial charge in [-0.1, -0.05) is 42.5 Å². The van der Waals surface area contributed by atoms with Crippen LogP contribution in [0.4, 0.5) is 20.2 Å². The molecule has 0 bridgehead atoms. The lowest BCUT2D eigenvalue weighted by Gasteiger charge is -2.28. The fourth-order valence-electron chi connectivity index (χ4n) is 4.75. The Labute approximate surface area is 214 Å². The largest absolute Gasteiger partial charge is 0.398 e. The zero-order valence-electron chi connectivity index (χ0n) is 20.5. The van der Waals surface area contributed by atoms with E-state index >= 15 is 0 Å². The summed E-state index contributed by atoms with van der Waals surface area (Å²) in [6.07, 6.45) is 0.530. The van der Waals surface area contributed by atoms with Crippen molar-refractivity contribution >= 4 is 29.1 Å². The number of unbranched alkanes of at least 4 members (excludes halogenated alkanes) is 1. The van der Waals surface area contributed by atoms with E-state index in [-0.39, 0.29) is 19.3 Å². The minimum atomic E-state index is -1.08. The quantitative estimate of drug-likeness (QED) is 0.336. The van der Waals surface area contributed by atoms with Crippen LogP contribution in [0.2, 0.25) is 0 Å². The molecule has 2 atom stereocenters. The number of carbonyl (C=O) groups excluding carboxylic acids is 3. The fraction of sp³-hybridized carbons (Fsp3) is 0.276. The highest BCUT2D eigenvalue weighted by Gasteiger charge is 2.38. The lowest BCUT2D eigenvalue weighted by molar-refractivity contribution is -0.131. The minimum absolute atomic E-state index is 0.139. The smallest absolute Gasteiger partial charge is 0.256 e. The van der Waals surface area contributed by atoms with Gasteiger partial charge in [-0.2, -0.15) is 0 Å². The summed E-state index contributed by atoms with van der Waals surface area (Å²) in [5.41, 5.74) is 9.60. The summed E-state index contributed by atoms with van der Waals surface area (Å²) in [5.74, 6) is -2.70. The van der Waals surface area contributed by atoms with E-state index in [4.69, 9.17) is 5.73 Å². The van der Waals surface area contributed by atoms with Crippen LogP contribution in [0, 0.1) is 5.82 Å². The Morgan fingerprint density at radius 2 is 1.81 bits per heavy atom. The van der Waals surface area contributed by atoms with Crippen LogP contribution in [0.25, 0.3) is 11.1 Å². The molecular formula is C29H29F2N3O3. The molecule has 3 amide bonds. The summed E-state index contributed by atoms with van der Waals surface area (Å²) in [6, 6.07) is 16.9. The number of anilines is 2. The van der Waals surface area contributed by atoms with Crippen LogP contribution in [-0.4, -0.2) is 30.4 Å². The molecule has 8 heteroatoms. The average Bonchev–Trinajstić information content (AvgIpc) is 2.96. The first-order chi connectivity index (χ1) is 17.8. The van der Waals surface area contributed by atoms with Gasteiger partial charge in [0.25, 0.3) is 5.91 Å². The number of halogens is 2. The molecule has 192 valence electrons. The molecule has 1 aliphatic rings. The fourth-order valence-corrected chi connectivity index (χ4v) is 4.75. The molecule has 4 rings (SSSR count). The lowest BCUT2D eigenvalue weighted by Crippen LogP contribution is -2.52. The third kappa shape index (κ3) is 5.53. The highest BCUT2D eigenvalue weighted by atomic mass is 19.1. The topological polar surface area (TPSA) is 92.5 Å². The van der Waals surface area contributed by atoms with E-state index in [1.807, 2.05) is 24.3 Å². The maximum atomic E-state index is 14.0. The highest BCUT2D eigenvalue weighted by Crippen LogP contribution is 2.44. The molecule has 0 aromatic heterocycles. The number of rotatable bonds is 8. The summed E-state index contributed by atoms with van der Waals surface area (Å²) in [6.45, 7) is 1.16. The van der Waals surface area contributed by atoms with E-state index in [9.17, 15) is 23.2 Å². The Morgan fingerprint density at radius 3 is 2.57 bits per heavy atom. The second kappa shape index (κ2) is 11.3. The summed E-state index contributed by atoms with van der Waals surface area (Å²) >= 11 is 0. The van der Waals surface area contributed by atoms with Crippen molar-refractivity contribution in [3.8, 4) is 11.1 Å². The predicted molar refractivity (Wildman–Crippen MR) is 139 cm³/mol. The Hall–Kier alpha value is -4.07. The third-order valence-corrected chi connectivity index (χ3v) is 6.59. The number of alkyl halides is 1. The SMILES string of the molecule is CC1C(=O)N(C(=O)[C@H](CCCCF)NC(=O)Cc2cccc(F)c2)c2cccc(N)c2-c2ccccc21. The van der Waals surface area contributed by atoms with Crippen LogP contribution in [0.1, 0.15) is 43.2 Å². The number of fused-ring (bicyclic) bond motifs is 3. The Morgan fingerprint density at radius 1 is 1.05 bits per heavy atom. The lowest BCUT2D eigenvalue weighted by atomic mass is 9.92. The van der Waals surface area contributed by atoms with Gasteiger partial charge in [0.15, 0.2) is 0 Å². The molecule has 0 spiro atoms. The monoisotopic (exact) mass is 505 g/mol. The van der Waals surface area contributed by atoms with E-state index in [1.165, 1.54) is 18.2 Å². The number of carbonyl (C=O) groups is 3. The number of nitrogens with zero attached hydrogens (tertiary/aromatic N) is 1. The van der Waals surface area contributed by atoms with Crippen molar-refractivity contribution in [2.45, 2.75) is 44.6 Å². The van der Waals surface area contributed by atoms with E-state index in [1.54, 1.807) is 31.2 Å². The van der Waals surface area contributed by atoms with Crippen molar-refractivity contribution in [3.63, 3.8) is 0 Å². The normalized spacial score (nSPS) is 15.4. The van der Waals surface area contributed by atoms with Gasteiger partial charge in [-0.25, -0.2) is 9.29 Å². The predicted octanol–water partition coefficient (Wildman–Crippen LogP) is 4.92. The van der Waals surface area contributed by atoms with Gasteiger partial charge >= 0.3 is 0 Å². The zero-order chi connectivity index (χ0) is 26.5. The number of hydrogen-bond donors (Lipinski definition) is 2. The van der Waals surface area contributed by atoms with Gasteiger partial charge in [0, 0.05) is 11.3 Å². The van der Waals surface area contributed by atoms with Crippen molar-refractivity contribution in [3.05, 3.63) is 83.7 Å².